The van der Waals surface area contributed by atoms with Gasteiger partial charge in [0.15, 0.2) is 0 Å². The van der Waals surface area contributed by atoms with Crippen molar-refractivity contribution in [3.8, 4) is 0 Å². The van der Waals surface area contributed by atoms with Crippen LogP contribution in [-0.2, 0) is 4.74 Å². The molecular weight excluding hydrogens is 264 g/mol. The molecule has 0 radical (unpaired) electrons. The molecule has 21 heavy (non-hydrogen) atoms. The fourth-order valence-corrected chi connectivity index (χ4v) is 3.31. The third-order valence-corrected chi connectivity index (χ3v) is 4.10. The summed E-state index contributed by atoms with van der Waals surface area (Å²) >= 11 is 0. The van der Waals surface area contributed by atoms with E-state index in [4.69, 9.17) is 10.5 Å². The van der Waals surface area contributed by atoms with E-state index in [9.17, 15) is 4.79 Å². The van der Waals surface area contributed by atoms with Crippen LogP contribution in [0.1, 0.15) is 50.4 Å². The number of hydrogen-bond acceptors (Lipinski definition) is 4. The Hall–Kier alpha value is -1.71. The molecule has 0 heterocycles. The monoisotopic (exact) mass is 290 g/mol. The van der Waals surface area contributed by atoms with Crippen LogP contribution in [0.2, 0.25) is 0 Å². The second kappa shape index (κ2) is 6.83. The molecule has 2 rings (SSSR count). The van der Waals surface area contributed by atoms with Crippen molar-refractivity contribution in [1.82, 2.24) is 0 Å². The van der Waals surface area contributed by atoms with Crippen molar-refractivity contribution < 1.29 is 9.53 Å². The molecule has 3 N–H and O–H groups in total. The number of ether oxygens (including phenoxy) is 1. The number of esters is 1. The predicted molar refractivity (Wildman–Crippen MR) is 86.4 cm³/mol. The first-order valence-electron chi connectivity index (χ1n) is 7.82. The van der Waals surface area contributed by atoms with Gasteiger partial charge in [0.1, 0.15) is 0 Å². The van der Waals surface area contributed by atoms with Crippen LogP contribution in [0.5, 0.6) is 0 Å². The fraction of sp³-hybridized carbons (Fsp3) is 0.588. The lowest BCUT2D eigenvalue weighted by atomic mass is 9.80. The Morgan fingerprint density at radius 3 is 2.57 bits per heavy atom. The maximum absolute atomic E-state index is 11.8. The van der Waals surface area contributed by atoms with Crippen LogP contribution in [0.15, 0.2) is 18.2 Å². The summed E-state index contributed by atoms with van der Waals surface area (Å²) < 4.78 is 5.04. The van der Waals surface area contributed by atoms with E-state index in [-0.39, 0.29) is 5.97 Å². The van der Waals surface area contributed by atoms with E-state index >= 15 is 0 Å². The number of rotatable bonds is 4. The molecule has 1 aromatic rings. The average molecular weight is 290 g/mol. The Morgan fingerprint density at radius 1 is 1.29 bits per heavy atom. The average Bonchev–Trinajstić information content (AvgIpc) is 2.40. The van der Waals surface area contributed by atoms with E-state index in [0.717, 1.165) is 30.4 Å². The third kappa shape index (κ3) is 4.13. The molecule has 0 bridgehead atoms. The number of anilines is 2. The van der Waals surface area contributed by atoms with E-state index in [2.05, 4.69) is 19.2 Å². The molecule has 1 aliphatic rings. The van der Waals surface area contributed by atoms with Gasteiger partial charge in [0.25, 0.3) is 0 Å². The number of carbonyl (C=O) groups is 1. The van der Waals surface area contributed by atoms with Gasteiger partial charge in [-0.2, -0.15) is 0 Å². The van der Waals surface area contributed by atoms with Gasteiger partial charge in [-0.1, -0.05) is 13.8 Å². The van der Waals surface area contributed by atoms with E-state index in [1.165, 1.54) is 6.42 Å². The number of benzene rings is 1. The van der Waals surface area contributed by atoms with Gasteiger partial charge >= 0.3 is 5.97 Å². The van der Waals surface area contributed by atoms with Gasteiger partial charge in [0.05, 0.1) is 23.5 Å². The summed E-state index contributed by atoms with van der Waals surface area (Å²) in [5, 5.41) is 3.51. The molecule has 4 heteroatoms. The lowest BCUT2D eigenvalue weighted by Gasteiger charge is -2.33. The van der Waals surface area contributed by atoms with Gasteiger partial charge in [-0.3, -0.25) is 0 Å². The molecule has 0 aliphatic heterocycles. The summed E-state index contributed by atoms with van der Waals surface area (Å²) in [6.45, 7) is 6.77. The Balaban J connectivity index is 2.11. The summed E-state index contributed by atoms with van der Waals surface area (Å²) in [6.07, 6.45) is 3.58. The third-order valence-electron chi connectivity index (χ3n) is 4.10. The zero-order valence-electron chi connectivity index (χ0n) is 13.2. The van der Waals surface area contributed by atoms with Gasteiger partial charge in [0.2, 0.25) is 0 Å². The van der Waals surface area contributed by atoms with Crippen molar-refractivity contribution in [1.29, 1.82) is 0 Å². The van der Waals surface area contributed by atoms with Crippen LogP contribution >= 0.6 is 0 Å². The molecule has 0 saturated heterocycles. The second-order valence-electron chi connectivity index (χ2n) is 6.28. The number of nitrogen functional groups attached to an aromatic ring is 1. The summed E-state index contributed by atoms with van der Waals surface area (Å²) in [6, 6.07) is 5.70. The number of carbonyl (C=O) groups excluding carboxylic acids is 1. The molecule has 0 spiro atoms. The Morgan fingerprint density at radius 2 is 1.95 bits per heavy atom. The molecule has 1 aromatic carbocycles. The van der Waals surface area contributed by atoms with Crippen molar-refractivity contribution in [2.24, 2.45) is 11.8 Å². The first-order valence-corrected chi connectivity index (χ1v) is 7.82. The van der Waals surface area contributed by atoms with Gasteiger partial charge in [-0.25, -0.2) is 4.79 Å². The van der Waals surface area contributed by atoms with E-state index in [0.29, 0.717) is 23.9 Å². The highest BCUT2D eigenvalue weighted by Gasteiger charge is 2.24. The fourth-order valence-electron chi connectivity index (χ4n) is 3.31. The zero-order chi connectivity index (χ0) is 15.4. The summed E-state index contributed by atoms with van der Waals surface area (Å²) in [5.74, 6) is 1.15. The van der Waals surface area contributed by atoms with Gasteiger partial charge in [0, 0.05) is 6.04 Å². The smallest absolute Gasteiger partial charge is 0.338 e. The maximum Gasteiger partial charge on any atom is 0.338 e. The molecule has 0 amide bonds. The molecule has 116 valence electrons. The van der Waals surface area contributed by atoms with Crippen LogP contribution in [0.4, 0.5) is 11.4 Å². The molecular formula is C17H26N2O2. The molecule has 4 nitrogen and oxygen atoms in total. The van der Waals surface area contributed by atoms with Crippen molar-refractivity contribution in [3.63, 3.8) is 0 Å². The van der Waals surface area contributed by atoms with E-state index in [1.807, 2.05) is 0 Å². The Kier molecular flexibility index (Phi) is 5.10. The normalized spacial score (nSPS) is 25.4. The highest BCUT2D eigenvalue weighted by molar-refractivity contribution is 5.92. The highest BCUT2D eigenvalue weighted by Crippen LogP contribution is 2.32. The Labute approximate surface area is 127 Å². The summed E-state index contributed by atoms with van der Waals surface area (Å²) in [7, 11) is 0. The number of hydrogen-bond donors (Lipinski definition) is 2. The molecule has 1 saturated carbocycles. The Bertz CT molecular complexity index is 492. The van der Waals surface area contributed by atoms with Crippen LogP contribution in [0.25, 0.3) is 0 Å². The minimum Gasteiger partial charge on any atom is -0.462 e. The van der Waals surface area contributed by atoms with Crippen molar-refractivity contribution >= 4 is 17.3 Å². The van der Waals surface area contributed by atoms with Gasteiger partial charge in [-0.15, -0.1) is 0 Å². The lowest BCUT2D eigenvalue weighted by molar-refractivity contribution is 0.0526. The number of nitrogens with one attached hydrogen (secondary N) is 1. The van der Waals surface area contributed by atoms with Crippen LogP contribution in [0, 0.1) is 11.8 Å². The molecule has 0 aromatic heterocycles. The van der Waals surface area contributed by atoms with Crippen molar-refractivity contribution in [2.75, 3.05) is 17.7 Å². The summed E-state index contributed by atoms with van der Waals surface area (Å²) in [5.41, 5.74) is 8.10. The van der Waals surface area contributed by atoms with Crippen LogP contribution < -0.4 is 11.1 Å². The first kappa shape index (κ1) is 15.7. The first-order chi connectivity index (χ1) is 9.99. The molecule has 2 atom stereocenters. The highest BCUT2D eigenvalue weighted by atomic mass is 16.5. The van der Waals surface area contributed by atoms with Crippen molar-refractivity contribution in [2.45, 2.75) is 46.1 Å². The minimum absolute atomic E-state index is 0.300. The van der Waals surface area contributed by atoms with Crippen LogP contribution in [0.3, 0.4) is 0 Å². The molecule has 1 fully saturated rings. The summed E-state index contributed by atoms with van der Waals surface area (Å²) in [4.78, 5) is 11.8. The van der Waals surface area contributed by atoms with Gasteiger partial charge in [-0.05, 0) is 56.2 Å². The molecule has 2 unspecified atom stereocenters. The lowest BCUT2D eigenvalue weighted by Crippen LogP contribution is -2.30. The topological polar surface area (TPSA) is 64.3 Å². The largest absolute Gasteiger partial charge is 0.462 e. The van der Waals surface area contributed by atoms with E-state index in [1.54, 1.807) is 25.1 Å². The second-order valence-corrected chi connectivity index (χ2v) is 6.28. The zero-order valence-corrected chi connectivity index (χ0v) is 13.2. The maximum atomic E-state index is 11.8. The SMILES string of the molecule is CCOC(=O)c1ccc(N)c(NC2CC(C)CC(C)C2)c1. The van der Waals surface area contributed by atoms with Crippen LogP contribution in [-0.4, -0.2) is 18.6 Å². The number of nitrogens with two attached hydrogens (primary N) is 1. The van der Waals surface area contributed by atoms with E-state index < -0.39 is 0 Å². The molecule has 1 aliphatic carbocycles. The standard InChI is InChI=1S/C17H26N2O2/c1-4-21-17(20)13-5-6-15(18)16(10-13)19-14-8-11(2)7-12(3)9-14/h5-6,10-12,14,19H,4,7-9,18H2,1-3H3. The van der Waals surface area contributed by atoms with Crippen molar-refractivity contribution in [3.05, 3.63) is 23.8 Å². The quantitative estimate of drug-likeness (QED) is 0.656. The minimum atomic E-state index is -0.300. The predicted octanol–water partition coefficient (Wildman–Crippen LogP) is 3.68. The van der Waals surface area contributed by atoms with Gasteiger partial charge < -0.3 is 15.8 Å².